The van der Waals surface area contributed by atoms with Crippen LogP contribution in [0.2, 0.25) is 0 Å². The van der Waals surface area contributed by atoms with Gasteiger partial charge in [-0.2, -0.15) is 0 Å². The van der Waals surface area contributed by atoms with Crippen LogP contribution in [0.15, 0.2) is 12.7 Å². The molecule has 28 heavy (non-hydrogen) atoms. The van der Waals surface area contributed by atoms with Gasteiger partial charge in [0.2, 0.25) is 17.7 Å². The zero-order chi connectivity index (χ0) is 21.1. The number of carbonyl (C=O) groups excluding carboxylic acids is 4. The molecule has 1 unspecified atom stereocenters. The maximum absolute atomic E-state index is 12.4. The van der Waals surface area contributed by atoms with Gasteiger partial charge in [-0.25, -0.2) is 0 Å². The molecule has 0 spiro atoms. The highest BCUT2D eigenvalue weighted by molar-refractivity contribution is 5.90. The van der Waals surface area contributed by atoms with Gasteiger partial charge in [-0.3, -0.25) is 19.2 Å². The minimum atomic E-state index is -0.570. The molecule has 0 bridgehead atoms. The number of likely N-dealkylation sites (N-methyl/N-ethyl adjacent to an activating group) is 1. The van der Waals surface area contributed by atoms with Crippen molar-refractivity contribution in [2.75, 3.05) is 33.2 Å². The first-order chi connectivity index (χ1) is 13.0. The molecule has 156 valence electrons. The lowest BCUT2D eigenvalue weighted by molar-refractivity contribution is -0.159. The second-order valence-electron chi connectivity index (χ2n) is 8.49. The third kappa shape index (κ3) is 5.56. The lowest BCUT2D eigenvalue weighted by Crippen LogP contribution is -2.49. The highest BCUT2D eigenvalue weighted by Gasteiger charge is 2.40. The zero-order valence-corrected chi connectivity index (χ0v) is 17.3. The smallest absolute Gasteiger partial charge is 0.311 e. The molecule has 0 aromatic rings. The summed E-state index contributed by atoms with van der Waals surface area (Å²) < 4.78 is 5.41. The molecule has 0 aliphatic carbocycles. The third-order valence-corrected chi connectivity index (χ3v) is 5.08. The molecule has 8 heteroatoms. The minimum absolute atomic E-state index is 0.0128. The van der Waals surface area contributed by atoms with Crippen molar-refractivity contribution in [1.29, 1.82) is 0 Å². The molecule has 0 N–H and O–H groups in total. The van der Waals surface area contributed by atoms with Gasteiger partial charge in [-0.15, -0.1) is 0 Å². The predicted octanol–water partition coefficient (Wildman–Crippen LogP) is 0.812. The molecule has 0 radical (unpaired) electrons. The van der Waals surface area contributed by atoms with Gasteiger partial charge in [0.05, 0.1) is 12.5 Å². The first kappa shape index (κ1) is 21.9. The zero-order valence-electron chi connectivity index (χ0n) is 17.3. The molecule has 2 rings (SSSR count). The number of piperidine rings is 1. The molecule has 0 aromatic heterocycles. The monoisotopic (exact) mass is 393 g/mol. The Morgan fingerprint density at radius 3 is 2.39 bits per heavy atom. The Morgan fingerprint density at radius 2 is 1.86 bits per heavy atom. The summed E-state index contributed by atoms with van der Waals surface area (Å²) in [4.78, 5) is 53.4. The van der Waals surface area contributed by atoms with Crippen molar-refractivity contribution in [2.24, 2.45) is 5.92 Å². The average Bonchev–Trinajstić information content (AvgIpc) is 3.01. The standard InChI is InChI=1S/C20H31N3O5/c1-6-16(24)21(5)13-18(26)22-9-7-15(8-10-22)23-12-14(11-17(23)25)19(27)28-20(2,3)4/h6,14-15H,1,7-13H2,2-5H3. The summed E-state index contributed by atoms with van der Waals surface area (Å²) in [6, 6.07) is 0.0246. The largest absolute Gasteiger partial charge is 0.460 e. The second-order valence-corrected chi connectivity index (χ2v) is 8.49. The van der Waals surface area contributed by atoms with Crippen LogP contribution in [0, 0.1) is 5.92 Å². The number of rotatable bonds is 5. The van der Waals surface area contributed by atoms with Gasteiger partial charge in [0.25, 0.3) is 0 Å². The van der Waals surface area contributed by atoms with Crippen LogP contribution in [0.4, 0.5) is 0 Å². The first-order valence-corrected chi connectivity index (χ1v) is 9.69. The van der Waals surface area contributed by atoms with Crippen LogP contribution >= 0.6 is 0 Å². The maximum atomic E-state index is 12.4. The molecule has 3 amide bonds. The normalized spacial score (nSPS) is 20.9. The van der Waals surface area contributed by atoms with Crippen molar-refractivity contribution in [3.05, 3.63) is 12.7 Å². The van der Waals surface area contributed by atoms with Crippen molar-refractivity contribution >= 4 is 23.7 Å². The highest BCUT2D eigenvalue weighted by atomic mass is 16.6. The van der Waals surface area contributed by atoms with E-state index in [1.54, 1.807) is 16.8 Å². The van der Waals surface area contributed by atoms with Crippen LogP contribution in [-0.2, 0) is 23.9 Å². The molecule has 8 nitrogen and oxygen atoms in total. The number of ether oxygens (including phenoxy) is 1. The van der Waals surface area contributed by atoms with E-state index in [1.807, 2.05) is 20.8 Å². The van der Waals surface area contributed by atoms with Crippen LogP contribution in [0.5, 0.6) is 0 Å². The predicted molar refractivity (Wildman–Crippen MR) is 103 cm³/mol. The van der Waals surface area contributed by atoms with E-state index in [-0.39, 0.29) is 42.7 Å². The lowest BCUT2D eigenvalue weighted by Gasteiger charge is -2.37. The fourth-order valence-corrected chi connectivity index (χ4v) is 3.59. The Balaban J connectivity index is 1.85. The van der Waals surface area contributed by atoms with Crippen LogP contribution in [0.1, 0.15) is 40.0 Å². The molecule has 1 atom stereocenters. The van der Waals surface area contributed by atoms with Crippen LogP contribution in [0.25, 0.3) is 0 Å². The summed E-state index contributed by atoms with van der Waals surface area (Å²) in [6.07, 6.45) is 2.69. The van der Waals surface area contributed by atoms with E-state index in [1.165, 1.54) is 11.0 Å². The Hall–Kier alpha value is -2.38. The molecular weight excluding hydrogens is 362 g/mol. The SMILES string of the molecule is C=CC(=O)N(C)CC(=O)N1CCC(N2CC(C(=O)OC(C)(C)C)CC2=O)CC1. The van der Waals surface area contributed by atoms with E-state index in [0.29, 0.717) is 32.5 Å². The third-order valence-electron chi connectivity index (χ3n) is 5.08. The number of hydrogen-bond donors (Lipinski definition) is 0. The van der Waals surface area contributed by atoms with E-state index < -0.39 is 11.5 Å². The summed E-state index contributed by atoms with van der Waals surface area (Å²) in [5, 5.41) is 0. The van der Waals surface area contributed by atoms with Crippen molar-refractivity contribution in [2.45, 2.75) is 51.7 Å². The Morgan fingerprint density at radius 1 is 1.25 bits per heavy atom. The number of hydrogen-bond acceptors (Lipinski definition) is 5. The van der Waals surface area contributed by atoms with Crippen LogP contribution in [-0.4, -0.2) is 83.3 Å². The Bertz CT molecular complexity index is 647. The van der Waals surface area contributed by atoms with Gasteiger partial charge < -0.3 is 19.4 Å². The summed E-state index contributed by atoms with van der Waals surface area (Å²) in [6.45, 7) is 10.3. The molecule has 0 aromatic carbocycles. The molecule has 2 heterocycles. The maximum Gasteiger partial charge on any atom is 0.311 e. The van der Waals surface area contributed by atoms with E-state index in [2.05, 4.69) is 6.58 Å². The second kappa shape index (κ2) is 8.75. The van der Waals surface area contributed by atoms with E-state index in [9.17, 15) is 19.2 Å². The summed E-state index contributed by atoms with van der Waals surface area (Å²) in [5.74, 6) is -1.19. The molecular formula is C20H31N3O5. The van der Waals surface area contributed by atoms with Gasteiger partial charge in [0.15, 0.2) is 0 Å². The molecule has 2 aliphatic heterocycles. The highest BCUT2D eigenvalue weighted by Crippen LogP contribution is 2.27. The van der Waals surface area contributed by atoms with Gasteiger partial charge in [0, 0.05) is 39.1 Å². The number of nitrogens with zero attached hydrogens (tertiary/aromatic N) is 3. The fourth-order valence-electron chi connectivity index (χ4n) is 3.59. The van der Waals surface area contributed by atoms with E-state index in [0.717, 1.165) is 0 Å². The summed E-state index contributed by atoms with van der Waals surface area (Å²) in [5.41, 5.74) is -0.570. The molecule has 2 aliphatic rings. The molecule has 2 fully saturated rings. The van der Waals surface area contributed by atoms with E-state index >= 15 is 0 Å². The summed E-state index contributed by atoms with van der Waals surface area (Å²) >= 11 is 0. The lowest BCUT2D eigenvalue weighted by atomic mass is 10.0. The Kier molecular flexibility index (Phi) is 6.85. The first-order valence-electron chi connectivity index (χ1n) is 9.69. The number of carbonyl (C=O) groups is 4. The molecule has 0 saturated carbocycles. The average molecular weight is 393 g/mol. The Labute approximate surface area is 166 Å². The fraction of sp³-hybridized carbons (Fsp3) is 0.700. The van der Waals surface area contributed by atoms with Crippen molar-refractivity contribution < 1.29 is 23.9 Å². The number of esters is 1. The van der Waals surface area contributed by atoms with Gasteiger partial charge in [0.1, 0.15) is 5.60 Å². The van der Waals surface area contributed by atoms with Crippen molar-refractivity contribution in [1.82, 2.24) is 14.7 Å². The van der Waals surface area contributed by atoms with Gasteiger partial charge in [-0.1, -0.05) is 6.58 Å². The van der Waals surface area contributed by atoms with Gasteiger partial charge >= 0.3 is 5.97 Å². The summed E-state index contributed by atoms with van der Waals surface area (Å²) in [7, 11) is 1.56. The van der Waals surface area contributed by atoms with Crippen LogP contribution in [0.3, 0.4) is 0 Å². The number of likely N-dealkylation sites (tertiary alicyclic amines) is 2. The topological polar surface area (TPSA) is 87.2 Å². The molecule has 2 saturated heterocycles. The van der Waals surface area contributed by atoms with Crippen LogP contribution < -0.4 is 0 Å². The quantitative estimate of drug-likeness (QED) is 0.510. The van der Waals surface area contributed by atoms with Crippen molar-refractivity contribution in [3.63, 3.8) is 0 Å². The van der Waals surface area contributed by atoms with E-state index in [4.69, 9.17) is 4.74 Å². The number of amides is 3. The minimum Gasteiger partial charge on any atom is -0.460 e. The van der Waals surface area contributed by atoms with Crippen molar-refractivity contribution in [3.8, 4) is 0 Å². The van der Waals surface area contributed by atoms with Gasteiger partial charge in [-0.05, 0) is 39.7 Å².